The summed E-state index contributed by atoms with van der Waals surface area (Å²) < 4.78 is 5.84. The van der Waals surface area contributed by atoms with E-state index in [0.717, 1.165) is 19.3 Å². The SMILES string of the molecule is O=C(O)c1cccc2nc(C3CCCc4sccc43)oc12. The third kappa shape index (κ3) is 1.96. The molecule has 4 nitrogen and oxygen atoms in total. The minimum Gasteiger partial charge on any atom is -0.478 e. The van der Waals surface area contributed by atoms with E-state index in [9.17, 15) is 9.90 Å². The lowest BCUT2D eigenvalue weighted by molar-refractivity contribution is 0.0698. The number of oxazole rings is 1. The summed E-state index contributed by atoms with van der Waals surface area (Å²) in [5.74, 6) is -0.199. The van der Waals surface area contributed by atoms with Gasteiger partial charge in [-0.1, -0.05) is 6.07 Å². The van der Waals surface area contributed by atoms with Crippen LogP contribution in [0.5, 0.6) is 0 Å². The zero-order chi connectivity index (χ0) is 14.4. The maximum absolute atomic E-state index is 11.3. The van der Waals surface area contributed by atoms with Crippen LogP contribution in [0.1, 0.15) is 45.4 Å². The van der Waals surface area contributed by atoms with Gasteiger partial charge in [0.2, 0.25) is 5.89 Å². The normalized spacial score (nSPS) is 17.8. The Morgan fingerprint density at radius 3 is 3.14 bits per heavy atom. The van der Waals surface area contributed by atoms with E-state index < -0.39 is 5.97 Å². The van der Waals surface area contributed by atoms with Gasteiger partial charge in [-0.25, -0.2) is 9.78 Å². The highest BCUT2D eigenvalue weighted by Crippen LogP contribution is 2.39. The summed E-state index contributed by atoms with van der Waals surface area (Å²) in [4.78, 5) is 17.2. The van der Waals surface area contributed by atoms with E-state index >= 15 is 0 Å². The van der Waals surface area contributed by atoms with Gasteiger partial charge in [-0.05, 0) is 48.4 Å². The fourth-order valence-electron chi connectivity index (χ4n) is 3.03. The van der Waals surface area contributed by atoms with Gasteiger partial charge < -0.3 is 9.52 Å². The lowest BCUT2D eigenvalue weighted by atomic mass is 9.88. The number of rotatable bonds is 2. The van der Waals surface area contributed by atoms with Crippen molar-refractivity contribution in [2.45, 2.75) is 25.2 Å². The summed E-state index contributed by atoms with van der Waals surface area (Å²) in [7, 11) is 0. The number of nitrogens with zero attached hydrogens (tertiary/aromatic N) is 1. The summed E-state index contributed by atoms with van der Waals surface area (Å²) in [6.45, 7) is 0. The molecule has 3 aromatic rings. The number of hydrogen-bond donors (Lipinski definition) is 1. The topological polar surface area (TPSA) is 63.3 Å². The lowest BCUT2D eigenvalue weighted by Crippen LogP contribution is -2.08. The van der Waals surface area contributed by atoms with Crippen molar-refractivity contribution in [1.29, 1.82) is 0 Å². The summed E-state index contributed by atoms with van der Waals surface area (Å²) in [5.41, 5.74) is 2.46. The smallest absolute Gasteiger partial charge is 0.339 e. The van der Waals surface area contributed by atoms with Crippen LogP contribution in [-0.4, -0.2) is 16.1 Å². The third-order valence-electron chi connectivity index (χ3n) is 4.01. The van der Waals surface area contributed by atoms with Crippen LogP contribution in [0.25, 0.3) is 11.1 Å². The molecule has 1 aliphatic rings. The molecule has 106 valence electrons. The van der Waals surface area contributed by atoms with Crippen LogP contribution in [0.4, 0.5) is 0 Å². The maximum Gasteiger partial charge on any atom is 0.339 e. The standard InChI is InChI=1S/C16H13NO3S/c18-16(19)11-4-1-5-12-14(11)20-15(17-12)10-3-2-6-13-9(10)7-8-21-13/h1,4-5,7-8,10H,2-3,6H2,(H,18,19). The molecule has 0 radical (unpaired) electrons. The molecule has 2 heterocycles. The predicted octanol–water partition coefficient (Wildman–Crippen LogP) is 4.06. The molecule has 5 heteroatoms. The predicted molar refractivity (Wildman–Crippen MR) is 80.1 cm³/mol. The first-order chi connectivity index (χ1) is 10.2. The van der Waals surface area contributed by atoms with Crippen LogP contribution in [0, 0.1) is 0 Å². The number of thiophene rings is 1. The zero-order valence-electron chi connectivity index (χ0n) is 11.2. The Kier molecular flexibility index (Phi) is 2.82. The van der Waals surface area contributed by atoms with E-state index in [1.807, 2.05) is 0 Å². The number of carboxylic acid groups (broad SMARTS) is 1. The average molecular weight is 299 g/mol. The van der Waals surface area contributed by atoms with Gasteiger partial charge in [-0.2, -0.15) is 0 Å². The first-order valence-electron chi connectivity index (χ1n) is 6.93. The third-order valence-corrected chi connectivity index (χ3v) is 5.01. The van der Waals surface area contributed by atoms with E-state index in [-0.39, 0.29) is 11.5 Å². The molecule has 0 bridgehead atoms. The van der Waals surface area contributed by atoms with Crippen molar-refractivity contribution in [2.24, 2.45) is 0 Å². The Labute approximate surface area is 125 Å². The number of aromatic nitrogens is 1. The first-order valence-corrected chi connectivity index (χ1v) is 7.81. The number of aromatic carboxylic acids is 1. The monoisotopic (exact) mass is 299 g/mol. The Morgan fingerprint density at radius 1 is 1.38 bits per heavy atom. The molecule has 1 N–H and O–H groups in total. The highest BCUT2D eigenvalue weighted by Gasteiger charge is 2.27. The molecular weight excluding hydrogens is 286 g/mol. The minimum absolute atomic E-state index is 0.147. The van der Waals surface area contributed by atoms with Gasteiger partial charge in [0.1, 0.15) is 11.1 Å². The van der Waals surface area contributed by atoms with Crippen molar-refractivity contribution < 1.29 is 14.3 Å². The Bertz CT molecular complexity index is 833. The Morgan fingerprint density at radius 2 is 2.29 bits per heavy atom. The molecule has 1 atom stereocenters. The van der Waals surface area contributed by atoms with Gasteiger partial charge in [-0.3, -0.25) is 0 Å². The number of para-hydroxylation sites is 1. The van der Waals surface area contributed by atoms with Gasteiger partial charge in [0, 0.05) is 4.88 Å². The summed E-state index contributed by atoms with van der Waals surface area (Å²) in [6.07, 6.45) is 3.23. The second kappa shape index (κ2) is 4.70. The van der Waals surface area contributed by atoms with Crippen LogP contribution in [-0.2, 0) is 6.42 Å². The second-order valence-electron chi connectivity index (χ2n) is 5.26. The number of carbonyl (C=O) groups is 1. The fourth-order valence-corrected chi connectivity index (χ4v) is 4.01. The van der Waals surface area contributed by atoms with Crippen molar-refractivity contribution in [1.82, 2.24) is 4.98 Å². The van der Waals surface area contributed by atoms with Crippen molar-refractivity contribution in [3.05, 3.63) is 51.5 Å². The van der Waals surface area contributed by atoms with Crippen LogP contribution < -0.4 is 0 Å². The molecule has 0 fully saturated rings. The van der Waals surface area contributed by atoms with Crippen LogP contribution >= 0.6 is 11.3 Å². The number of benzene rings is 1. The fraction of sp³-hybridized carbons (Fsp3) is 0.250. The molecule has 0 saturated carbocycles. The highest BCUT2D eigenvalue weighted by atomic mass is 32.1. The van der Waals surface area contributed by atoms with Gasteiger partial charge in [0.25, 0.3) is 0 Å². The van der Waals surface area contributed by atoms with Crippen molar-refractivity contribution in [3.63, 3.8) is 0 Å². The van der Waals surface area contributed by atoms with Crippen LogP contribution in [0.15, 0.2) is 34.1 Å². The quantitative estimate of drug-likeness (QED) is 0.775. The average Bonchev–Trinajstić information content (AvgIpc) is 3.12. The molecular formula is C16H13NO3S. The van der Waals surface area contributed by atoms with Gasteiger partial charge >= 0.3 is 5.97 Å². The number of aryl methyl sites for hydroxylation is 1. The second-order valence-corrected chi connectivity index (χ2v) is 6.26. The summed E-state index contributed by atoms with van der Waals surface area (Å²) >= 11 is 1.78. The van der Waals surface area contributed by atoms with Gasteiger partial charge in [0.05, 0.1) is 5.92 Å². The van der Waals surface area contributed by atoms with E-state index in [0.29, 0.717) is 17.0 Å². The highest BCUT2D eigenvalue weighted by molar-refractivity contribution is 7.10. The van der Waals surface area contributed by atoms with Gasteiger partial charge in [-0.15, -0.1) is 11.3 Å². The zero-order valence-corrected chi connectivity index (χ0v) is 12.0. The molecule has 0 aliphatic heterocycles. The molecule has 0 saturated heterocycles. The molecule has 21 heavy (non-hydrogen) atoms. The van der Waals surface area contributed by atoms with Crippen molar-refractivity contribution in [2.75, 3.05) is 0 Å². The molecule has 0 spiro atoms. The number of hydrogen-bond acceptors (Lipinski definition) is 4. The Hall–Kier alpha value is -2.14. The number of carboxylic acids is 1. The molecule has 1 unspecified atom stereocenters. The van der Waals surface area contributed by atoms with E-state index in [1.54, 1.807) is 29.5 Å². The van der Waals surface area contributed by atoms with E-state index in [1.165, 1.54) is 10.4 Å². The number of fused-ring (bicyclic) bond motifs is 2. The molecule has 0 amide bonds. The first kappa shape index (κ1) is 12.6. The minimum atomic E-state index is -0.983. The van der Waals surface area contributed by atoms with Crippen molar-refractivity contribution in [3.8, 4) is 0 Å². The molecule has 2 aromatic heterocycles. The molecule has 1 aromatic carbocycles. The van der Waals surface area contributed by atoms with E-state index in [2.05, 4.69) is 16.4 Å². The van der Waals surface area contributed by atoms with Crippen LogP contribution in [0.3, 0.4) is 0 Å². The maximum atomic E-state index is 11.3. The molecule has 1 aliphatic carbocycles. The van der Waals surface area contributed by atoms with E-state index in [4.69, 9.17) is 4.42 Å². The van der Waals surface area contributed by atoms with Crippen LogP contribution in [0.2, 0.25) is 0 Å². The summed E-state index contributed by atoms with van der Waals surface area (Å²) in [5, 5.41) is 11.3. The molecule has 4 rings (SSSR count). The van der Waals surface area contributed by atoms with Gasteiger partial charge in [0.15, 0.2) is 5.58 Å². The Balaban J connectivity index is 1.86. The largest absolute Gasteiger partial charge is 0.478 e. The van der Waals surface area contributed by atoms with Crippen molar-refractivity contribution >= 4 is 28.4 Å². The lowest BCUT2D eigenvalue weighted by Gasteiger charge is -2.19. The summed E-state index contributed by atoms with van der Waals surface area (Å²) in [6, 6.07) is 7.19.